The Morgan fingerprint density at radius 3 is 2.00 bits per heavy atom. The molecule has 4 rings (SSSR count). The summed E-state index contributed by atoms with van der Waals surface area (Å²) in [5.41, 5.74) is 3.00. The third-order valence-corrected chi connectivity index (χ3v) is 5.59. The summed E-state index contributed by atoms with van der Waals surface area (Å²) in [7, 11) is 3.08. The molecule has 33 heavy (non-hydrogen) atoms. The highest BCUT2D eigenvalue weighted by Gasteiger charge is 2.22. The van der Waals surface area contributed by atoms with Crippen molar-refractivity contribution in [3.63, 3.8) is 0 Å². The van der Waals surface area contributed by atoms with Gasteiger partial charge in [-0.15, -0.1) is 0 Å². The Morgan fingerprint density at radius 2 is 1.36 bits per heavy atom. The molecule has 0 unspecified atom stereocenters. The average molecular weight is 441 g/mol. The molecule has 7 nitrogen and oxygen atoms in total. The number of amides is 1. The van der Waals surface area contributed by atoms with Crippen LogP contribution in [0.5, 0.6) is 0 Å². The Hall–Kier alpha value is -4.39. The van der Waals surface area contributed by atoms with Crippen molar-refractivity contribution < 1.29 is 14.3 Å². The normalized spacial score (nSPS) is 10.6. The van der Waals surface area contributed by atoms with Crippen LogP contribution in [-0.4, -0.2) is 28.3 Å². The van der Waals surface area contributed by atoms with E-state index < -0.39 is 11.9 Å². The molecule has 4 aromatic rings. The zero-order valence-electron chi connectivity index (χ0n) is 18.5. The van der Waals surface area contributed by atoms with Crippen molar-refractivity contribution >= 4 is 17.6 Å². The predicted octanol–water partition coefficient (Wildman–Crippen LogP) is 4.19. The lowest BCUT2D eigenvalue weighted by molar-refractivity contribution is 0.0601. The number of methoxy groups -OCH3 is 1. The highest BCUT2D eigenvalue weighted by Crippen LogP contribution is 2.28. The van der Waals surface area contributed by atoms with Crippen LogP contribution in [0, 0.1) is 6.92 Å². The van der Waals surface area contributed by atoms with Gasteiger partial charge >= 0.3 is 5.97 Å². The number of nitrogens with one attached hydrogen (secondary N) is 1. The number of nitrogens with zero attached hydrogens (tertiary/aromatic N) is 2. The van der Waals surface area contributed by atoms with Gasteiger partial charge in [0.15, 0.2) is 0 Å². The number of carbonyl (C=O) groups excluding carboxylic acids is 2. The van der Waals surface area contributed by atoms with Gasteiger partial charge < -0.3 is 10.1 Å². The van der Waals surface area contributed by atoms with Gasteiger partial charge in [-0.25, -0.2) is 9.48 Å². The maximum Gasteiger partial charge on any atom is 0.338 e. The predicted molar refractivity (Wildman–Crippen MR) is 127 cm³/mol. The third-order valence-electron chi connectivity index (χ3n) is 5.59. The third kappa shape index (κ3) is 3.96. The van der Waals surface area contributed by atoms with Gasteiger partial charge in [0.1, 0.15) is 5.69 Å². The molecule has 0 aliphatic rings. The second kappa shape index (κ2) is 9.00. The van der Waals surface area contributed by atoms with Crippen LogP contribution < -0.4 is 10.9 Å². The zero-order chi connectivity index (χ0) is 23.5. The molecule has 1 aromatic heterocycles. The molecule has 0 spiro atoms. The van der Waals surface area contributed by atoms with E-state index in [0.717, 1.165) is 0 Å². The van der Waals surface area contributed by atoms with Crippen LogP contribution in [-0.2, 0) is 11.8 Å². The summed E-state index contributed by atoms with van der Waals surface area (Å²) in [6.45, 7) is 1.77. The van der Waals surface area contributed by atoms with Crippen LogP contribution in [0.2, 0.25) is 0 Å². The lowest BCUT2D eigenvalue weighted by Crippen LogP contribution is -2.23. The van der Waals surface area contributed by atoms with Crippen molar-refractivity contribution in [3.05, 3.63) is 106 Å². The number of anilines is 1. The molecule has 0 radical (unpaired) electrons. The molecule has 1 N–H and O–H groups in total. The monoisotopic (exact) mass is 441 g/mol. The second-order valence-corrected chi connectivity index (χ2v) is 7.47. The number of hydrogen-bond donors (Lipinski definition) is 1. The van der Waals surface area contributed by atoms with E-state index in [1.165, 1.54) is 11.8 Å². The molecule has 0 aliphatic carbocycles. The van der Waals surface area contributed by atoms with Gasteiger partial charge in [0.25, 0.3) is 11.5 Å². The van der Waals surface area contributed by atoms with Crippen molar-refractivity contribution in [2.24, 2.45) is 7.05 Å². The lowest BCUT2D eigenvalue weighted by atomic mass is 9.95. The van der Waals surface area contributed by atoms with E-state index in [4.69, 9.17) is 4.74 Å². The van der Waals surface area contributed by atoms with Crippen LogP contribution in [0.1, 0.15) is 26.4 Å². The Kier molecular flexibility index (Phi) is 5.95. The molecule has 7 heteroatoms. The van der Waals surface area contributed by atoms with Gasteiger partial charge in [0, 0.05) is 12.6 Å². The first kappa shape index (κ1) is 21.8. The van der Waals surface area contributed by atoms with Crippen LogP contribution in [0.15, 0.2) is 83.7 Å². The topological polar surface area (TPSA) is 82.3 Å². The molecule has 0 aliphatic heterocycles. The quantitative estimate of drug-likeness (QED) is 0.471. The smallest absolute Gasteiger partial charge is 0.338 e. The van der Waals surface area contributed by atoms with E-state index in [0.29, 0.717) is 33.6 Å². The van der Waals surface area contributed by atoms with Crippen LogP contribution in [0.25, 0.3) is 16.8 Å². The number of hydrogen-bond acceptors (Lipinski definition) is 4. The fourth-order valence-electron chi connectivity index (χ4n) is 3.82. The molecule has 0 saturated carbocycles. The molecule has 0 fully saturated rings. The summed E-state index contributed by atoms with van der Waals surface area (Å²) in [6.07, 6.45) is 0. The van der Waals surface area contributed by atoms with Crippen LogP contribution in [0.3, 0.4) is 0 Å². The number of para-hydroxylation sites is 1. The van der Waals surface area contributed by atoms with E-state index in [1.807, 2.05) is 30.3 Å². The highest BCUT2D eigenvalue weighted by molar-refractivity contribution is 6.10. The van der Waals surface area contributed by atoms with Crippen molar-refractivity contribution in [2.75, 3.05) is 12.4 Å². The highest BCUT2D eigenvalue weighted by atomic mass is 16.5. The summed E-state index contributed by atoms with van der Waals surface area (Å²) in [4.78, 5) is 38.8. The van der Waals surface area contributed by atoms with Crippen molar-refractivity contribution in [1.29, 1.82) is 0 Å². The molecule has 166 valence electrons. The molecule has 0 saturated heterocycles. The van der Waals surface area contributed by atoms with Gasteiger partial charge in [-0.3, -0.25) is 14.3 Å². The zero-order valence-corrected chi connectivity index (χ0v) is 18.5. The summed E-state index contributed by atoms with van der Waals surface area (Å²) >= 11 is 0. The maximum atomic E-state index is 13.3. The molecular formula is C26H23N3O4. The first-order chi connectivity index (χ1) is 15.9. The standard InChI is InChI=1S/C26H23N3O4/c1-17-23(25(31)29(28(17)2)18-11-5-4-6-12-18)27-24(30)21-15-9-7-13-19(21)20-14-8-10-16-22(20)26(32)33-3/h4-16H,1-3H3,(H,27,30). The Bertz CT molecular complexity index is 1400. The number of esters is 1. The Labute approximate surface area is 190 Å². The minimum atomic E-state index is -0.495. The van der Waals surface area contributed by atoms with E-state index in [-0.39, 0.29) is 11.2 Å². The van der Waals surface area contributed by atoms with Crippen molar-refractivity contribution in [3.8, 4) is 16.8 Å². The van der Waals surface area contributed by atoms with Crippen LogP contribution in [0.4, 0.5) is 5.69 Å². The number of ether oxygens (including phenoxy) is 1. The van der Waals surface area contributed by atoms with Gasteiger partial charge in [0.05, 0.1) is 24.1 Å². The summed E-state index contributed by atoms with van der Waals surface area (Å²) in [5.74, 6) is -0.943. The average Bonchev–Trinajstić information content (AvgIpc) is 3.07. The number of carbonyl (C=O) groups is 2. The fourth-order valence-corrected chi connectivity index (χ4v) is 3.82. The Morgan fingerprint density at radius 1 is 0.818 bits per heavy atom. The lowest BCUT2D eigenvalue weighted by Gasteiger charge is -2.12. The van der Waals surface area contributed by atoms with E-state index in [1.54, 1.807) is 67.2 Å². The largest absolute Gasteiger partial charge is 0.465 e. The summed E-state index contributed by atoms with van der Waals surface area (Å²) < 4.78 is 8.10. The molecule has 0 bridgehead atoms. The molecule has 1 heterocycles. The van der Waals surface area contributed by atoms with Crippen molar-refractivity contribution in [1.82, 2.24) is 9.36 Å². The van der Waals surface area contributed by atoms with E-state index >= 15 is 0 Å². The summed E-state index contributed by atoms with van der Waals surface area (Å²) in [5, 5.41) is 2.79. The number of benzene rings is 3. The van der Waals surface area contributed by atoms with Gasteiger partial charge in [-0.1, -0.05) is 54.6 Å². The second-order valence-electron chi connectivity index (χ2n) is 7.47. The van der Waals surface area contributed by atoms with E-state index in [9.17, 15) is 14.4 Å². The maximum absolute atomic E-state index is 13.3. The van der Waals surface area contributed by atoms with Gasteiger partial charge in [-0.05, 0) is 42.3 Å². The first-order valence-electron chi connectivity index (χ1n) is 10.4. The van der Waals surface area contributed by atoms with Gasteiger partial charge in [-0.2, -0.15) is 0 Å². The minimum absolute atomic E-state index is 0.197. The Balaban J connectivity index is 1.76. The number of rotatable bonds is 5. The van der Waals surface area contributed by atoms with Crippen LogP contribution >= 0.6 is 0 Å². The van der Waals surface area contributed by atoms with Gasteiger partial charge in [0.2, 0.25) is 0 Å². The summed E-state index contributed by atoms with van der Waals surface area (Å²) in [6, 6.07) is 23.1. The fraction of sp³-hybridized carbons (Fsp3) is 0.115. The number of aromatic nitrogens is 2. The molecule has 3 aromatic carbocycles. The van der Waals surface area contributed by atoms with Crippen molar-refractivity contribution in [2.45, 2.75) is 6.92 Å². The molecule has 0 atom stereocenters. The minimum Gasteiger partial charge on any atom is -0.465 e. The molecule has 1 amide bonds. The van der Waals surface area contributed by atoms with E-state index in [2.05, 4.69) is 5.32 Å². The molecular weight excluding hydrogens is 418 g/mol. The SMILES string of the molecule is COC(=O)c1ccccc1-c1ccccc1C(=O)Nc1c(C)n(C)n(-c2ccccc2)c1=O. The first-order valence-corrected chi connectivity index (χ1v) is 10.4.